The second-order valence-corrected chi connectivity index (χ2v) is 8.85. The number of H-pyrrole nitrogens is 1. The number of nitrogens with one attached hydrogen (secondary N) is 1. The van der Waals surface area contributed by atoms with Crippen LogP contribution in [0.3, 0.4) is 0 Å². The van der Waals surface area contributed by atoms with E-state index in [0.29, 0.717) is 17.9 Å². The van der Waals surface area contributed by atoms with Gasteiger partial charge in [0.1, 0.15) is 11.3 Å². The van der Waals surface area contributed by atoms with Gasteiger partial charge < -0.3 is 10.7 Å². The molecule has 1 aliphatic heterocycles. The zero-order chi connectivity index (χ0) is 19.3. The third kappa shape index (κ3) is 2.99. The molecule has 1 aromatic carbocycles. The minimum Gasteiger partial charge on any atom is -0.382 e. The van der Waals surface area contributed by atoms with Crippen molar-refractivity contribution in [2.45, 2.75) is 25.9 Å². The molecule has 8 heteroatoms. The van der Waals surface area contributed by atoms with Gasteiger partial charge in [-0.15, -0.1) is 11.3 Å². The molecule has 1 aliphatic rings. The van der Waals surface area contributed by atoms with E-state index in [4.69, 9.17) is 17.3 Å². The maximum atomic E-state index is 12.7. The third-order valence-corrected chi connectivity index (χ3v) is 6.88. The number of benzene rings is 1. The summed E-state index contributed by atoms with van der Waals surface area (Å²) in [5, 5.41) is 1.69. The first kappa shape index (κ1) is 17.7. The summed E-state index contributed by atoms with van der Waals surface area (Å²) in [5.74, 6) is 0.337. The number of thiophene rings is 1. The highest BCUT2D eigenvalue weighted by Crippen LogP contribution is 2.31. The van der Waals surface area contributed by atoms with Crippen LogP contribution in [0.25, 0.3) is 21.9 Å². The molecule has 0 spiro atoms. The third-order valence-electron chi connectivity index (χ3n) is 5.33. The van der Waals surface area contributed by atoms with Crippen LogP contribution in [0.5, 0.6) is 0 Å². The van der Waals surface area contributed by atoms with Crippen molar-refractivity contribution in [1.82, 2.24) is 19.4 Å². The molecule has 3 N–H and O–H groups in total. The van der Waals surface area contributed by atoms with Crippen LogP contribution >= 0.6 is 22.9 Å². The largest absolute Gasteiger partial charge is 0.382 e. The van der Waals surface area contributed by atoms with E-state index in [1.165, 1.54) is 12.8 Å². The number of imidazole rings is 1. The standard InChI is InChI=1S/C20H20ClN5OS/c21-14-9-12(28-16(14)11-25-7-3-4-8-25)10-26-18-13-5-1-2-6-15(13)23-19(22)17(18)24-20(26)27/h1-2,5-6,9H,3-4,7-8,10-11H2,(H2,22,23)(H,24,27). The number of halogens is 1. The molecule has 0 saturated carbocycles. The van der Waals surface area contributed by atoms with Crippen LogP contribution in [0, 0.1) is 0 Å². The lowest BCUT2D eigenvalue weighted by Crippen LogP contribution is -2.17. The molecule has 1 saturated heterocycles. The number of nitrogens with two attached hydrogens (primary N) is 1. The van der Waals surface area contributed by atoms with Gasteiger partial charge in [0.2, 0.25) is 0 Å². The number of aromatic nitrogens is 3. The van der Waals surface area contributed by atoms with Crippen molar-refractivity contribution in [3.05, 3.63) is 55.6 Å². The second kappa shape index (κ2) is 6.92. The van der Waals surface area contributed by atoms with E-state index in [1.54, 1.807) is 15.9 Å². The molecule has 4 heterocycles. The number of fused-ring (bicyclic) bond motifs is 3. The van der Waals surface area contributed by atoms with Crippen LogP contribution in [0.2, 0.25) is 5.02 Å². The Balaban J connectivity index is 1.57. The highest BCUT2D eigenvalue weighted by Gasteiger charge is 2.18. The van der Waals surface area contributed by atoms with E-state index in [9.17, 15) is 4.79 Å². The molecule has 4 aromatic rings. The van der Waals surface area contributed by atoms with Gasteiger partial charge in [0.25, 0.3) is 0 Å². The molecule has 144 valence electrons. The number of pyridine rings is 1. The topological polar surface area (TPSA) is 79.9 Å². The molecule has 0 bridgehead atoms. The summed E-state index contributed by atoms with van der Waals surface area (Å²) in [7, 11) is 0. The van der Waals surface area contributed by atoms with Gasteiger partial charge in [-0.2, -0.15) is 0 Å². The number of likely N-dealkylation sites (tertiary alicyclic amines) is 1. The molecule has 5 rings (SSSR count). The summed E-state index contributed by atoms with van der Waals surface area (Å²) in [4.78, 5) is 24.6. The van der Waals surface area contributed by atoms with E-state index in [0.717, 1.165) is 50.8 Å². The van der Waals surface area contributed by atoms with Crippen molar-refractivity contribution in [2.24, 2.45) is 0 Å². The Bertz CT molecular complexity index is 1230. The number of nitrogens with zero attached hydrogens (tertiary/aromatic N) is 3. The summed E-state index contributed by atoms with van der Waals surface area (Å²) in [6.07, 6.45) is 2.51. The minimum absolute atomic E-state index is 0.189. The van der Waals surface area contributed by atoms with Crippen LogP contribution < -0.4 is 11.4 Å². The van der Waals surface area contributed by atoms with Crippen LogP contribution in [0.15, 0.2) is 35.1 Å². The molecule has 0 unspecified atom stereocenters. The predicted octanol–water partition coefficient (Wildman–Crippen LogP) is 3.82. The quantitative estimate of drug-likeness (QED) is 0.533. The SMILES string of the molecule is Nc1nc2ccccc2c2c1[nH]c(=O)n2Cc1cc(Cl)c(CN2CCCC2)s1. The molecule has 6 nitrogen and oxygen atoms in total. The Morgan fingerprint density at radius 2 is 2.00 bits per heavy atom. The molecular weight excluding hydrogens is 394 g/mol. The Kier molecular flexibility index (Phi) is 4.38. The van der Waals surface area contributed by atoms with E-state index in [-0.39, 0.29) is 5.69 Å². The molecule has 0 amide bonds. The fraction of sp³-hybridized carbons (Fsp3) is 0.300. The maximum absolute atomic E-state index is 12.7. The lowest BCUT2D eigenvalue weighted by Gasteiger charge is -2.13. The van der Waals surface area contributed by atoms with Crippen molar-refractivity contribution in [1.29, 1.82) is 0 Å². The normalized spacial score (nSPS) is 15.2. The number of nitrogen functional groups attached to an aromatic ring is 1. The highest BCUT2D eigenvalue weighted by molar-refractivity contribution is 7.12. The van der Waals surface area contributed by atoms with Gasteiger partial charge in [-0.3, -0.25) is 9.47 Å². The lowest BCUT2D eigenvalue weighted by atomic mass is 10.2. The first-order valence-corrected chi connectivity index (χ1v) is 10.6. The molecule has 1 fully saturated rings. The van der Waals surface area contributed by atoms with Crippen molar-refractivity contribution in [3.8, 4) is 0 Å². The molecule has 0 aliphatic carbocycles. The molecule has 0 radical (unpaired) electrons. The minimum atomic E-state index is -0.189. The number of rotatable bonds is 4. The average molecular weight is 414 g/mol. The van der Waals surface area contributed by atoms with Crippen molar-refractivity contribution < 1.29 is 0 Å². The van der Waals surface area contributed by atoms with Gasteiger partial charge >= 0.3 is 5.69 Å². The zero-order valence-corrected chi connectivity index (χ0v) is 16.8. The van der Waals surface area contributed by atoms with Gasteiger partial charge in [0.05, 0.1) is 22.6 Å². The summed E-state index contributed by atoms with van der Waals surface area (Å²) in [6.45, 7) is 3.59. The Morgan fingerprint density at radius 3 is 2.82 bits per heavy atom. The predicted molar refractivity (Wildman–Crippen MR) is 115 cm³/mol. The summed E-state index contributed by atoms with van der Waals surface area (Å²) < 4.78 is 1.73. The Labute approximate surface area is 170 Å². The fourth-order valence-electron chi connectivity index (χ4n) is 3.99. The molecular formula is C20H20ClN5OS. The van der Waals surface area contributed by atoms with E-state index in [2.05, 4.69) is 14.9 Å². The lowest BCUT2D eigenvalue weighted by molar-refractivity contribution is 0.334. The number of anilines is 1. The van der Waals surface area contributed by atoms with Gasteiger partial charge in [-0.05, 0) is 38.1 Å². The van der Waals surface area contributed by atoms with Gasteiger partial charge in [-0.1, -0.05) is 29.8 Å². The second-order valence-electron chi connectivity index (χ2n) is 7.22. The number of para-hydroxylation sites is 1. The maximum Gasteiger partial charge on any atom is 0.326 e. The van der Waals surface area contributed by atoms with Crippen LogP contribution in [0.1, 0.15) is 22.6 Å². The Hall–Kier alpha value is -2.35. The number of hydrogen-bond acceptors (Lipinski definition) is 5. The highest BCUT2D eigenvalue weighted by atomic mass is 35.5. The molecule has 3 aromatic heterocycles. The summed E-state index contributed by atoms with van der Waals surface area (Å²) >= 11 is 8.18. The van der Waals surface area contributed by atoms with Crippen LogP contribution in [-0.2, 0) is 13.1 Å². The first-order valence-electron chi connectivity index (χ1n) is 9.36. The van der Waals surface area contributed by atoms with Gasteiger partial charge in [0, 0.05) is 21.7 Å². The monoisotopic (exact) mass is 413 g/mol. The van der Waals surface area contributed by atoms with Crippen molar-refractivity contribution in [3.63, 3.8) is 0 Å². The van der Waals surface area contributed by atoms with E-state index in [1.807, 2.05) is 30.3 Å². The average Bonchev–Trinajstić information content (AvgIpc) is 3.38. The Morgan fingerprint density at radius 1 is 1.21 bits per heavy atom. The van der Waals surface area contributed by atoms with Crippen molar-refractivity contribution >= 4 is 50.7 Å². The van der Waals surface area contributed by atoms with Gasteiger partial charge in [-0.25, -0.2) is 9.78 Å². The van der Waals surface area contributed by atoms with E-state index >= 15 is 0 Å². The van der Waals surface area contributed by atoms with Crippen molar-refractivity contribution in [2.75, 3.05) is 18.8 Å². The first-order chi connectivity index (χ1) is 13.6. The van der Waals surface area contributed by atoms with E-state index < -0.39 is 0 Å². The summed E-state index contributed by atoms with van der Waals surface area (Å²) in [6, 6.07) is 9.71. The number of hydrogen-bond donors (Lipinski definition) is 2. The van der Waals surface area contributed by atoms with Gasteiger partial charge in [0.15, 0.2) is 0 Å². The fourth-order valence-corrected chi connectivity index (χ4v) is 5.45. The van der Waals surface area contributed by atoms with Crippen LogP contribution in [0.4, 0.5) is 5.82 Å². The molecule has 28 heavy (non-hydrogen) atoms. The number of aromatic amines is 1. The smallest absolute Gasteiger partial charge is 0.326 e. The molecule has 0 atom stereocenters. The zero-order valence-electron chi connectivity index (χ0n) is 15.2. The van der Waals surface area contributed by atoms with Crippen LogP contribution in [-0.4, -0.2) is 32.5 Å². The summed E-state index contributed by atoms with van der Waals surface area (Å²) in [5.41, 5.74) is 8.06.